The number of ether oxygens (including phenoxy) is 2. The lowest BCUT2D eigenvalue weighted by molar-refractivity contribution is -0.0457. The van der Waals surface area contributed by atoms with Crippen molar-refractivity contribution in [2.75, 3.05) is 6.61 Å². The van der Waals surface area contributed by atoms with E-state index >= 15 is 0 Å². The summed E-state index contributed by atoms with van der Waals surface area (Å²) in [5.41, 5.74) is -0.608. The fourth-order valence-electron chi connectivity index (χ4n) is 2.65. The number of carbonyl (C=O) groups is 1. The second kappa shape index (κ2) is 7.02. The first-order valence-corrected chi connectivity index (χ1v) is 7.79. The Bertz CT molecular complexity index is 877. The Balaban J connectivity index is 1.66. The van der Waals surface area contributed by atoms with Crippen molar-refractivity contribution < 1.29 is 18.7 Å². The quantitative estimate of drug-likeness (QED) is 0.842. The van der Waals surface area contributed by atoms with Gasteiger partial charge in [0.15, 0.2) is 6.23 Å². The van der Waals surface area contributed by atoms with Crippen LogP contribution in [0.1, 0.15) is 28.6 Å². The Hall–Kier alpha value is -2.74. The monoisotopic (exact) mass is 348 g/mol. The normalized spacial score (nSPS) is 22.7. The van der Waals surface area contributed by atoms with E-state index in [0.29, 0.717) is 5.56 Å². The van der Waals surface area contributed by atoms with Crippen molar-refractivity contribution in [1.82, 2.24) is 9.55 Å². The van der Waals surface area contributed by atoms with Crippen LogP contribution in [0.5, 0.6) is 0 Å². The van der Waals surface area contributed by atoms with E-state index in [1.54, 1.807) is 30.3 Å². The first kappa shape index (κ1) is 17.1. The lowest BCUT2D eigenvalue weighted by Gasteiger charge is -2.17. The summed E-state index contributed by atoms with van der Waals surface area (Å²) < 4.78 is 25.9. The summed E-state index contributed by atoms with van der Waals surface area (Å²) in [5, 5.41) is 0. The zero-order valence-corrected chi connectivity index (χ0v) is 13.5. The minimum atomic E-state index is -1.46. The summed E-state index contributed by atoms with van der Waals surface area (Å²) in [6.07, 6.45) is -2.05. The zero-order valence-electron chi connectivity index (χ0n) is 13.5. The average Bonchev–Trinajstić information content (AvgIpc) is 2.97. The Labute approximate surface area is 142 Å². The summed E-state index contributed by atoms with van der Waals surface area (Å²) >= 11 is 0. The summed E-state index contributed by atoms with van der Waals surface area (Å²) in [6, 6.07) is 8.42. The molecular formula is C17H17FN2O5. The molecule has 0 saturated carbocycles. The number of aromatic amines is 1. The van der Waals surface area contributed by atoms with Gasteiger partial charge in [-0.1, -0.05) is 18.2 Å². The highest BCUT2D eigenvalue weighted by molar-refractivity contribution is 5.89. The number of nitrogens with zero attached hydrogens (tertiary/aromatic N) is 1. The molecule has 0 bridgehead atoms. The number of nitrogens with one attached hydrogen (secondary N) is 1. The van der Waals surface area contributed by atoms with E-state index in [1.165, 1.54) is 13.1 Å². The van der Waals surface area contributed by atoms with Crippen LogP contribution in [0.4, 0.5) is 4.39 Å². The number of H-pyrrole nitrogens is 1. The van der Waals surface area contributed by atoms with Crippen molar-refractivity contribution >= 4 is 5.97 Å². The van der Waals surface area contributed by atoms with E-state index in [0.717, 1.165) is 4.57 Å². The fraction of sp³-hybridized carbons (Fsp3) is 0.353. The summed E-state index contributed by atoms with van der Waals surface area (Å²) in [6.45, 7) is 1.39. The van der Waals surface area contributed by atoms with Crippen LogP contribution in [0.25, 0.3) is 0 Å². The number of carbonyl (C=O) groups excluding carboxylic acids is 1. The zero-order chi connectivity index (χ0) is 18.0. The number of aromatic nitrogens is 2. The molecule has 0 aliphatic carbocycles. The highest BCUT2D eigenvalue weighted by atomic mass is 19.1. The third-order valence-electron chi connectivity index (χ3n) is 3.96. The summed E-state index contributed by atoms with van der Waals surface area (Å²) in [5.74, 6) is -0.528. The first-order valence-electron chi connectivity index (χ1n) is 7.79. The topological polar surface area (TPSA) is 90.4 Å². The Kier molecular flexibility index (Phi) is 4.80. The predicted molar refractivity (Wildman–Crippen MR) is 86.2 cm³/mol. The molecule has 2 heterocycles. The molecule has 1 saturated heterocycles. The number of hydrogen-bond donors (Lipinski definition) is 1. The molecule has 7 nitrogen and oxygen atoms in total. The Morgan fingerprint density at radius 2 is 2.08 bits per heavy atom. The minimum Gasteiger partial charge on any atom is -0.459 e. The molecule has 1 aromatic carbocycles. The Morgan fingerprint density at radius 3 is 2.80 bits per heavy atom. The molecule has 0 radical (unpaired) electrons. The van der Waals surface area contributed by atoms with E-state index in [9.17, 15) is 18.8 Å². The van der Waals surface area contributed by atoms with Gasteiger partial charge in [-0.15, -0.1) is 0 Å². The molecule has 25 heavy (non-hydrogen) atoms. The smallest absolute Gasteiger partial charge is 0.338 e. The molecule has 3 rings (SSSR count). The van der Waals surface area contributed by atoms with Crippen LogP contribution in [-0.4, -0.2) is 34.4 Å². The van der Waals surface area contributed by atoms with E-state index in [-0.39, 0.29) is 18.6 Å². The van der Waals surface area contributed by atoms with Gasteiger partial charge in [-0.3, -0.25) is 14.3 Å². The van der Waals surface area contributed by atoms with Crippen LogP contribution < -0.4 is 11.2 Å². The second-order valence-electron chi connectivity index (χ2n) is 5.84. The molecule has 0 unspecified atom stereocenters. The summed E-state index contributed by atoms with van der Waals surface area (Å²) in [7, 11) is 0. The van der Waals surface area contributed by atoms with Crippen LogP contribution in [0.15, 0.2) is 46.1 Å². The van der Waals surface area contributed by atoms with Gasteiger partial charge in [0.1, 0.15) is 12.8 Å². The molecule has 0 amide bonds. The largest absolute Gasteiger partial charge is 0.459 e. The van der Waals surface area contributed by atoms with Gasteiger partial charge in [-0.05, 0) is 19.1 Å². The first-order chi connectivity index (χ1) is 12.0. The highest BCUT2D eigenvalue weighted by Gasteiger charge is 2.38. The number of alkyl halides is 1. The highest BCUT2D eigenvalue weighted by Crippen LogP contribution is 2.30. The van der Waals surface area contributed by atoms with E-state index < -0.39 is 35.7 Å². The van der Waals surface area contributed by atoms with E-state index in [4.69, 9.17) is 9.47 Å². The Morgan fingerprint density at radius 1 is 1.36 bits per heavy atom. The lowest BCUT2D eigenvalue weighted by atomic mass is 10.2. The van der Waals surface area contributed by atoms with Crippen molar-refractivity contribution in [2.24, 2.45) is 0 Å². The maximum absolute atomic E-state index is 14.3. The van der Waals surface area contributed by atoms with Crippen LogP contribution >= 0.6 is 0 Å². The number of aryl methyl sites for hydroxylation is 1. The predicted octanol–water partition coefficient (Wildman–Crippen LogP) is 1.33. The van der Waals surface area contributed by atoms with Gasteiger partial charge in [0.25, 0.3) is 5.56 Å². The van der Waals surface area contributed by atoms with Crippen LogP contribution in [-0.2, 0) is 9.47 Å². The molecule has 1 aromatic heterocycles. The molecule has 1 N–H and O–H groups in total. The SMILES string of the molecule is Cc1cn([C@@H]2O[C@H](COC(=O)c3ccccc3)C[C@@H]2F)c(=O)[nH]c1=O. The molecule has 1 aliphatic rings. The van der Waals surface area contributed by atoms with Crippen molar-refractivity contribution in [1.29, 1.82) is 0 Å². The molecule has 132 valence electrons. The van der Waals surface area contributed by atoms with Gasteiger partial charge in [0.05, 0.1) is 11.7 Å². The van der Waals surface area contributed by atoms with Crippen molar-refractivity contribution in [3.63, 3.8) is 0 Å². The van der Waals surface area contributed by atoms with E-state index in [1.807, 2.05) is 0 Å². The number of halogens is 1. The standard InChI is InChI=1S/C17H17FN2O5/c1-10-8-20(17(23)19-14(10)21)15-13(18)7-12(25-15)9-24-16(22)11-5-3-2-4-6-11/h2-6,8,12-13,15H,7,9H2,1H3,(H,19,21,23)/t12-,13-,15+/m0/s1. The maximum atomic E-state index is 14.3. The lowest BCUT2D eigenvalue weighted by Crippen LogP contribution is -2.35. The van der Waals surface area contributed by atoms with Crippen molar-refractivity contribution in [3.05, 3.63) is 68.5 Å². The fourth-order valence-corrected chi connectivity index (χ4v) is 2.65. The van der Waals surface area contributed by atoms with Gasteiger partial charge in [0.2, 0.25) is 0 Å². The molecule has 0 spiro atoms. The molecule has 2 aromatic rings. The minimum absolute atomic E-state index is 0.0165. The van der Waals surface area contributed by atoms with Gasteiger partial charge >= 0.3 is 11.7 Å². The average molecular weight is 348 g/mol. The van der Waals surface area contributed by atoms with Gasteiger partial charge in [-0.25, -0.2) is 14.0 Å². The van der Waals surface area contributed by atoms with Crippen LogP contribution in [0.3, 0.4) is 0 Å². The molecule has 3 atom stereocenters. The number of rotatable bonds is 4. The molecular weight excluding hydrogens is 331 g/mol. The number of esters is 1. The third-order valence-corrected chi connectivity index (χ3v) is 3.96. The van der Waals surface area contributed by atoms with Crippen LogP contribution in [0, 0.1) is 6.92 Å². The maximum Gasteiger partial charge on any atom is 0.338 e. The van der Waals surface area contributed by atoms with Gasteiger partial charge in [-0.2, -0.15) is 0 Å². The van der Waals surface area contributed by atoms with Crippen molar-refractivity contribution in [3.8, 4) is 0 Å². The molecule has 8 heteroatoms. The number of benzene rings is 1. The van der Waals surface area contributed by atoms with Gasteiger partial charge < -0.3 is 9.47 Å². The van der Waals surface area contributed by atoms with Crippen LogP contribution in [0.2, 0.25) is 0 Å². The van der Waals surface area contributed by atoms with Gasteiger partial charge in [0, 0.05) is 18.2 Å². The van der Waals surface area contributed by atoms with Crippen molar-refractivity contribution in [2.45, 2.75) is 31.8 Å². The van der Waals surface area contributed by atoms with E-state index in [2.05, 4.69) is 4.98 Å². The third kappa shape index (κ3) is 3.69. The number of hydrogen-bond acceptors (Lipinski definition) is 5. The summed E-state index contributed by atoms with van der Waals surface area (Å²) in [4.78, 5) is 37.3. The molecule has 1 aliphatic heterocycles. The second-order valence-corrected chi connectivity index (χ2v) is 5.84. The molecule has 1 fully saturated rings.